The first-order valence-corrected chi connectivity index (χ1v) is 10.8. The topological polar surface area (TPSA) is 57.7 Å². The molecule has 0 bridgehead atoms. The minimum absolute atomic E-state index is 0.109. The van der Waals surface area contributed by atoms with Crippen LogP contribution in [0, 0.1) is 11.7 Å². The first-order valence-electron chi connectivity index (χ1n) is 10.8. The van der Waals surface area contributed by atoms with Crippen LogP contribution in [0.1, 0.15) is 36.8 Å². The van der Waals surface area contributed by atoms with E-state index in [-0.39, 0.29) is 24.7 Å². The monoisotopic (exact) mass is 422 g/mol. The molecule has 0 aliphatic carbocycles. The molecular formula is C25H27FN2O3. The number of halogens is 1. The molecule has 2 saturated heterocycles. The molecule has 2 aliphatic heterocycles. The molecule has 0 saturated carbocycles. The lowest BCUT2D eigenvalue weighted by Crippen LogP contribution is -2.45. The van der Waals surface area contributed by atoms with Gasteiger partial charge in [-0.25, -0.2) is 4.39 Å². The number of imide groups is 1. The first kappa shape index (κ1) is 21.2. The van der Waals surface area contributed by atoms with Crippen LogP contribution in [-0.4, -0.2) is 47.7 Å². The van der Waals surface area contributed by atoms with Gasteiger partial charge in [0.1, 0.15) is 5.82 Å². The number of amides is 3. The quantitative estimate of drug-likeness (QED) is 0.695. The number of rotatable bonds is 5. The third-order valence-corrected chi connectivity index (χ3v) is 6.71. The Labute approximate surface area is 181 Å². The molecule has 2 heterocycles. The molecule has 0 aromatic heterocycles. The van der Waals surface area contributed by atoms with Crippen LogP contribution in [0.15, 0.2) is 54.6 Å². The fourth-order valence-electron chi connectivity index (χ4n) is 4.84. The van der Waals surface area contributed by atoms with E-state index in [1.807, 2.05) is 18.2 Å². The van der Waals surface area contributed by atoms with Crippen LogP contribution in [0.2, 0.25) is 0 Å². The highest BCUT2D eigenvalue weighted by Gasteiger charge is 2.53. The highest BCUT2D eigenvalue weighted by molar-refractivity contribution is 6.10. The number of hydrogen-bond acceptors (Lipinski definition) is 3. The van der Waals surface area contributed by atoms with Gasteiger partial charge >= 0.3 is 0 Å². The van der Waals surface area contributed by atoms with Crippen molar-refractivity contribution < 1.29 is 18.8 Å². The maximum absolute atomic E-state index is 13.9. The maximum Gasteiger partial charge on any atom is 0.240 e. The molecule has 2 aliphatic rings. The second kappa shape index (κ2) is 8.61. The van der Waals surface area contributed by atoms with Crippen molar-refractivity contribution in [1.82, 2.24) is 9.80 Å². The Bertz CT molecular complexity index is 985. The fraction of sp³-hybridized carbons (Fsp3) is 0.400. The van der Waals surface area contributed by atoms with Crippen LogP contribution in [0.4, 0.5) is 4.39 Å². The van der Waals surface area contributed by atoms with Crippen LogP contribution >= 0.6 is 0 Å². The summed E-state index contributed by atoms with van der Waals surface area (Å²) in [6.45, 7) is 1.26. The van der Waals surface area contributed by atoms with E-state index in [1.54, 1.807) is 11.0 Å². The summed E-state index contributed by atoms with van der Waals surface area (Å²) >= 11 is 0. The van der Waals surface area contributed by atoms with Crippen LogP contribution in [0.25, 0.3) is 0 Å². The minimum Gasteiger partial charge on any atom is -0.343 e. The van der Waals surface area contributed by atoms with Gasteiger partial charge in [-0.1, -0.05) is 42.5 Å². The van der Waals surface area contributed by atoms with Gasteiger partial charge < -0.3 is 4.90 Å². The summed E-state index contributed by atoms with van der Waals surface area (Å²) in [7, 11) is 1.42. The molecule has 3 amide bonds. The highest BCUT2D eigenvalue weighted by atomic mass is 19.1. The molecule has 2 aromatic rings. The predicted molar refractivity (Wildman–Crippen MR) is 115 cm³/mol. The van der Waals surface area contributed by atoms with Crippen molar-refractivity contribution in [3.8, 4) is 0 Å². The van der Waals surface area contributed by atoms with Gasteiger partial charge in [0.25, 0.3) is 0 Å². The summed E-state index contributed by atoms with van der Waals surface area (Å²) in [5.74, 6) is -0.900. The summed E-state index contributed by atoms with van der Waals surface area (Å²) in [4.78, 5) is 41.4. The van der Waals surface area contributed by atoms with Crippen molar-refractivity contribution in [1.29, 1.82) is 0 Å². The van der Waals surface area contributed by atoms with Gasteiger partial charge in [-0.2, -0.15) is 0 Å². The van der Waals surface area contributed by atoms with Gasteiger partial charge in [-0.05, 0) is 48.4 Å². The van der Waals surface area contributed by atoms with Gasteiger partial charge in [-0.15, -0.1) is 0 Å². The number of nitrogens with zero attached hydrogens (tertiary/aromatic N) is 2. The van der Waals surface area contributed by atoms with Crippen LogP contribution in [0.3, 0.4) is 0 Å². The first-order chi connectivity index (χ1) is 14.9. The Hall–Kier alpha value is -3.02. The summed E-state index contributed by atoms with van der Waals surface area (Å²) in [6, 6.07) is 16.0. The van der Waals surface area contributed by atoms with Crippen LogP contribution in [0.5, 0.6) is 0 Å². The zero-order chi connectivity index (χ0) is 22.0. The average molecular weight is 423 g/mol. The van der Waals surface area contributed by atoms with E-state index in [9.17, 15) is 18.8 Å². The number of carbonyl (C=O) groups is 3. The molecule has 162 valence electrons. The molecule has 1 atom stereocenters. The molecule has 4 rings (SSSR count). The Balaban J connectivity index is 1.47. The summed E-state index contributed by atoms with van der Waals surface area (Å²) < 4.78 is 13.9. The highest BCUT2D eigenvalue weighted by Crippen LogP contribution is 2.40. The van der Waals surface area contributed by atoms with E-state index in [0.717, 1.165) is 24.2 Å². The second-order valence-corrected chi connectivity index (χ2v) is 8.72. The Morgan fingerprint density at radius 1 is 1.06 bits per heavy atom. The van der Waals surface area contributed by atoms with Crippen molar-refractivity contribution in [2.24, 2.45) is 5.92 Å². The number of carbonyl (C=O) groups excluding carboxylic acids is 3. The van der Waals surface area contributed by atoms with Crippen molar-refractivity contribution in [2.45, 2.75) is 37.5 Å². The number of piperidine rings is 1. The lowest BCUT2D eigenvalue weighted by molar-refractivity contribution is -0.142. The SMILES string of the molecule is CN1C(=O)C[C@](CC(=O)N2CCC(Cc3ccccc3)CC2)(c2cccc(F)c2)C1=O. The van der Waals surface area contributed by atoms with E-state index in [4.69, 9.17) is 0 Å². The van der Waals surface area contributed by atoms with E-state index < -0.39 is 17.1 Å². The molecule has 2 aromatic carbocycles. The largest absolute Gasteiger partial charge is 0.343 e. The van der Waals surface area contributed by atoms with Crippen LogP contribution < -0.4 is 0 Å². The van der Waals surface area contributed by atoms with Gasteiger partial charge in [0, 0.05) is 33.0 Å². The molecular weight excluding hydrogens is 395 g/mol. The van der Waals surface area contributed by atoms with Crippen molar-refractivity contribution >= 4 is 17.7 Å². The summed E-state index contributed by atoms with van der Waals surface area (Å²) in [5.41, 5.74) is 0.365. The fourth-order valence-corrected chi connectivity index (χ4v) is 4.84. The van der Waals surface area contributed by atoms with E-state index in [2.05, 4.69) is 12.1 Å². The Morgan fingerprint density at radius 3 is 2.39 bits per heavy atom. The molecule has 0 N–H and O–H groups in total. The zero-order valence-electron chi connectivity index (χ0n) is 17.7. The van der Waals surface area contributed by atoms with E-state index >= 15 is 0 Å². The van der Waals surface area contributed by atoms with E-state index in [0.29, 0.717) is 24.6 Å². The molecule has 31 heavy (non-hydrogen) atoms. The Morgan fingerprint density at radius 2 is 1.77 bits per heavy atom. The molecule has 2 fully saturated rings. The zero-order valence-corrected chi connectivity index (χ0v) is 17.7. The van der Waals surface area contributed by atoms with Gasteiger partial charge in [0.2, 0.25) is 17.7 Å². The smallest absolute Gasteiger partial charge is 0.240 e. The number of likely N-dealkylation sites (tertiary alicyclic amines) is 2. The van der Waals surface area contributed by atoms with Gasteiger partial charge in [0.15, 0.2) is 0 Å². The number of hydrogen-bond donors (Lipinski definition) is 0. The van der Waals surface area contributed by atoms with Crippen molar-refractivity contribution in [3.05, 3.63) is 71.5 Å². The van der Waals surface area contributed by atoms with E-state index in [1.165, 1.54) is 30.8 Å². The molecule has 5 nitrogen and oxygen atoms in total. The minimum atomic E-state index is -1.33. The van der Waals surface area contributed by atoms with Gasteiger partial charge in [0.05, 0.1) is 5.41 Å². The van der Waals surface area contributed by atoms with Crippen LogP contribution in [-0.2, 0) is 26.2 Å². The van der Waals surface area contributed by atoms with Crippen molar-refractivity contribution in [3.63, 3.8) is 0 Å². The number of benzene rings is 2. The van der Waals surface area contributed by atoms with Crippen molar-refractivity contribution in [2.75, 3.05) is 20.1 Å². The summed E-state index contributed by atoms with van der Waals surface area (Å²) in [6.07, 6.45) is 2.57. The lowest BCUT2D eigenvalue weighted by atomic mass is 9.75. The molecule has 6 heteroatoms. The lowest BCUT2D eigenvalue weighted by Gasteiger charge is -2.35. The normalized spacial score (nSPS) is 22.3. The third-order valence-electron chi connectivity index (χ3n) is 6.71. The molecule has 0 radical (unpaired) electrons. The Kier molecular flexibility index (Phi) is 5.90. The number of likely N-dealkylation sites (N-methyl/N-ethyl adjacent to an activating group) is 1. The third kappa shape index (κ3) is 4.24. The standard InChI is InChI=1S/C25H27FN2O3/c1-27-22(29)16-25(24(27)31,20-8-5-9-21(26)15-20)17-23(30)28-12-10-19(11-13-28)14-18-6-3-2-4-7-18/h2-9,15,19H,10-14,16-17H2,1H3/t25-/m0/s1. The summed E-state index contributed by atoms with van der Waals surface area (Å²) in [5, 5.41) is 0. The van der Waals surface area contributed by atoms with Gasteiger partial charge in [-0.3, -0.25) is 19.3 Å². The average Bonchev–Trinajstić information content (AvgIpc) is 2.99. The predicted octanol–water partition coefficient (Wildman–Crippen LogP) is 3.32. The maximum atomic E-state index is 13.9. The second-order valence-electron chi connectivity index (χ2n) is 8.72. The molecule has 0 unspecified atom stereocenters. The molecule has 0 spiro atoms.